The van der Waals surface area contributed by atoms with Crippen LogP contribution in [-0.2, 0) is 13.6 Å². The first-order valence-corrected chi connectivity index (χ1v) is 10.0. The van der Waals surface area contributed by atoms with E-state index in [0.29, 0.717) is 29.6 Å². The number of anilines is 1. The van der Waals surface area contributed by atoms with Gasteiger partial charge in [0.25, 0.3) is 5.56 Å². The lowest BCUT2D eigenvalue weighted by atomic mass is 9.84. The highest BCUT2D eigenvalue weighted by Crippen LogP contribution is 2.27. The van der Waals surface area contributed by atoms with E-state index in [2.05, 4.69) is 15.3 Å². The number of rotatable bonds is 6. The van der Waals surface area contributed by atoms with E-state index in [9.17, 15) is 9.90 Å². The number of nitrogens with one attached hydrogen (secondary N) is 1. The van der Waals surface area contributed by atoms with Crippen molar-refractivity contribution in [3.8, 4) is 0 Å². The first-order valence-electron chi connectivity index (χ1n) is 10.0. The van der Waals surface area contributed by atoms with Gasteiger partial charge in [-0.3, -0.25) is 9.36 Å². The number of hydrogen-bond acceptors (Lipinski definition) is 5. The Hall–Kier alpha value is -2.67. The summed E-state index contributed by atoms with van der Waals surface area (Å²) in [4.78, 5) is 22.0. The van der Waals surface area contributed by atoms with Crippen molar-refractivity contribution in [1.82, 2.24) is 19.1 Å². The molecule has 2 heterocycles. The highest BCUT2D eigenvalue weighted by atomic mass is 16.3. The van der Waals surface area contributed by atoms with Crippen molar-refractivity contribution in [2.24, 2.45) is 13.0 Å². The zero-order chi connectivity index (χ0) is 19.5. The van der Waals surface area contributed by atoms with Crippen LogP contribution in [-0.4, -0.2) is 36.9 Å². The van der Waals surface area contributed by atoms with E-state index in [1.54, 1.807) is 13.4 Å². The number of benzene rings is 1. The number of aliphatic hydroxyl groups excluding tert-OH is 1. The second kappa shape index (κ2) is 8.14. The first-order chi connectivity index (χ1) is 13.7. The van der Waals surface area contributed by atoms with Gasteiger partial charge in [-0.25, -0.2) is 4.98 Å². The van der Waals surface area contributed by atoms with E-state index >= 15 is 0 Å². The quantitative estimate of drug-likeness (QED) is 0.685. The van der Waals surface area contributed by atoms with Gasteiger partial charge in [-0.05, 0) is 24.3 Å². The number of imidazole rings is 1. The number of fused-ring (bicyclic) bond motifs is 1. The first kappa shape index (κ1) is 18.7. The van der Waals surface area contributed by atoms with Crippen LogP contribution in [0.15, 0.2) is 41.5 Å². The molecule has 7 heteroatoms. The Morgan fingerprint density at radius 2 is 1.96 bits per heavy atom. The van der Waals surface area contributed by atoms with Crippen LogP contribution in [0.3, 0.4) is 0 Å². The molecule has 0 bridgehead atoms. The van der Waals surface area contributed by atoms with Crippen molar-refractivity contribution in [3.63, 3.8) is 0 Å². The van der Waals surface area contributed by atoms with Crippen molar-refractivity contribution >= 4 is 17.1 Å². The van der Waals surface area contributed by atoms with Gasteiger partial charge in [-0.1, -0.05) is 49.6 Å². The van der Waals surface area contributed by atoms with Crippen LogP contribution in [0.1, 0.15) is 37.7 Å². The minimum absolute atomic E-state index is 0.0288. The highest BCUT2D eigenvalue weighted by molar-refractivity contribution is 5.71. The second-order valence-corrected chi connectivity index (χ2v) is 7.66. The fourth-order valence-electron chi connectivity index (χ4n) is 4.15. The van der Waals surface area contributed by atoms with Crippen molar-refractivity contribution in [3.05, 3.63) is 52.6 Å². The summed E-state index contributed by atoms with van der Waals surface area (Å²) in [5.74, 6) is 0.870. The maximum absolute atomic E-state index is 13.0. The summed E-state index contributed by atoms with van der Waals surface area (Å²) < 4.78 is 3.37. The molecule has 0 aliphatic heterocycles. The minimum Gasteiger partial charge on any atom is -0.394 e. The Morgan fingerprint density at radius 1 is 1.21 bits per heavy atom. The molecule has 1 atom stereocenters. The minimum atomic E-state index is -0.138. The number of aliphatic hydroxyl groups is 1. The molecule has 0 saturated heterocycles. The second-order valence-electron chi connectivity index (χ2n) is 7.66. The molecule has 1 unspecified atom stereocenters. The van der Waals surface area contributed by atoms with Crippen LogP contribution < -0.4 is 10.9 Å². The molecule has 1 aromatic carbocycles. The van der Waals surface area contributed by atoms with Crippen LogP contribution in [0.5, 0.6) is 0 Å². The molecule has 0 spiro atoms. The average Bonchev–Trinajstić information content (AvgIpc) is 3.13. The molecule has 0 amide bonds. The Bertz CT molecular complexity index is 989. The number of hydrogen-bond donors (Lipinski definition) is 2. The molecule has 1 saturated carbocycles. The third-order valence-corrected chi connectivity index (χ3v) is 5.78. The summed E-state index contributed by atoms with van der Waals surface area (Å²) in [5.41, 5.74) is 1.89. The lowest BCUT2D eigenvalue weighted by Crippen LogP contribution is -2.36. The fourth-order valence-corrected chi connectivity index (χ4v) is 4.15. The molecule has 7 nitrogen and oxygen atoms in total. The topological polar surface area (TPSA) is 85.0 Å². The van der Waals surface area contributed by atoms with Gasteiger partial charge in [0.15, 0.2) is 11.2 Å². The van der Waals surface area contributed by atoms with E-state index in [-0.39, 0.29) is 18.2 Å². The van der Waals surface area contributed by atoms with Gasteiger partial charge < -0.3 is 15.0 Å². The summed E-state index contributed by atoms with van der Waals surface area (Å²) in [6, 6.07) is 9.88. The monoisotopic (exact) mass is 381 g/mol. The summed E-state index contributed by atoms with van der Waals surface area (Å²) in [6.07, 6.45) is 7.51. The van der Waals surface area contributed by atoms with E-state index < -0.39 is 0 Å². The van der Waals surface area contributed by atoms with Gasteiger partial charge in [-0.2, -0.15) is 4.98 Å². The highest BCUT2D eigenvalue weighted by Gasteiger charge is 2.25. The van der Waals surface area contributed by atoms with Gasteiger partial charge in [0.2, 0.25) is 5.95 Å². The van der Waals surface area contributed by atoms with E-state index in [4.69, 9.17) is 0 Å². The molecule has 1 aliphatic rings. The van der Waals surface area contributed by atoms with Crippen molar-refractivity contribution in [2.45, 2.75) is 44.7 Å². The van der Waals surface area contributed by atoms with Crippen LogP contribution in [0.25, 0.3) is 11.2 Å². The molecule has 3 aromatic rings. The Balaban J connectivity index is 1.64. The van der Waals surface area contributed by atoms with Crippen LogP contribution in [0.4, 0.5) is 5.95 Å². The van der Waals surface area contributed by atoms with Crippen molar-refractivity contribution < 1.29 is 5.11 Å². The number of aromatic nitrogens is 4. The normalized spacial score (nSPS) is 16.4. The summed E-state index contributed by atoms with van der Waals surface area (Å²) in [5, 5.41) is 13.2. The number of nitrogens with zero attached hydrogens (tertiary/aromatic N) is 4. The predicted octanol–water partition coefficient (Wildman–Crippen LogP) is 2.53. The maximum Gasteiger partial charge on any atom is 0.280 e. The molecule has 148 valence electrons. The largest absolute Gasteiger partial charge is 0.394 e. The van der Waals surface area contributed by atoms with Crippen molar-refractivity contribution in [2.75, 3.05) is 11.9 Å². The Kier molecular flexibility index (Phi) is 5.43. The van der Waals surface area contributed by atoms with Crippen LogP contribution in [0, 0.1) is 5.92 Å². The predicted molar refractivity (Wildman–Crippen MR) is 109 cm³/mol. The molecule has 1 fully saturated rings. The third-order valence-electron chi connectivity index (χ3n) is 5.78. The smallest absolute Gasteiger partial charge is 0.280 e. The molecule has 4 rings (SSSR count). The van der Waals surface area contributed by atoms with Gasteiger partial charge in [0.05, 0.1) is 19.0 Å². The van der Waals surface area contributed by atoms with Gasteiger partial charge in [0.1, 0.15) is 0 Å². The Morgan fingerprint density at radius 3 is 2.68 bits per heavy atom. The average molecular weight is 381 g/mol. The molecule has 28 heavy (non-hydrogen) atoms. The molecule has 2 aromatic heterocycles. The van der Waals surface area contributed by atoms with Gasteiger partial charge in [0, 0.05) is 13.6 Å². The summed E-state index contributed by atoms with van der Waals surface area (Å²) in [6.45, 7) is 0.601. The summed E-state index contributed by atoms with van der Waals surface area (Å²) >= 11 is 0. The molecule has 2 N–H and O–H groups in total. The van der Waals surface area contributed by atoms with E-state index in [0.717, 1.165) is 18.4 Å². The van der Waals surface area contributed by atoms with E-state index in [1.165, 1.54) is 23.8 Å². The van der Waals surface area contributed by atoms with Crippen molar-refractivity contribution in [1.29, 1.82) is 0 Å². The molecule has 0 radical (unpaired) electrons. The SMILES string of the molecule is Cn1c(NC(CO)C2CCCCC2)nc2ncn(Cc3ccccc3)c2c1=O. The molecular formula is C21H27N5O2. The molecule has 1 aliphatic carbocycles. The lowest BCUT2D eigenvalue weighted by molar-refractivity contribution is 0.209. The molecular weight excluding hydrogens is 354 g/mol. The van der Waals surface area contributed by atoms with Gasteiger partial charge >= 0.3 is 0 Å². The third kappa shape index (κ3) is 3.67. The van der Waals surface area contributed by atoms with Crippen LogP contribution >= 0.6 is 0 Å². The maximum atomic E-state index is 13.0. The Labute approximate surface area is 164 Å². The zero-order valence-corrected chi connectivity index (χ0v) is 16.2. The van der Waals surface area contributed by atoms with Crippen LogP contribution in [0.2, 0.25) is 0 Å². The van der Waals surface area contributed by atoms with Gasteiger partial charge in [-0.15, -0.1) is 0 Å². The standard InChI is InChI=1S/C21H27N5O2/c1-25-20(28)18-19(22-14-26(18)12-15-8-4-2-5-9-15)24-21(25)23-17(13-27)16-10-6-3-7-11-16/h2,4-5,8-9,14,16-17,27H,3,6-7,10-13H2,1H3,(H,23,24). The van der Waals surface area contributed by atoms with E-state index in [1.807, 2.05) is 34.9 Å². The lowest BCUT2D eigenvalue weighted by Gasteiger charge is -2.30. The summed E-state index contributed by atoms with van der Waals surface area (Å²) in [7, 11) is 1.71. The zero-order valence-electron chi connectivity index (χ0n) is 16.2. The fraction of sp³-hybridized carbons (Fsp3) is 0.476.